The maximum absolute atomic E-state index is 11.9. The Labute approximate surface area is 110 Å². The van der Waals surface area contributed by atoms with Crippen LogP contribution in [0.15, 0.2) is 0 Å². The number of hydrogen-bond acceptors (Lipinski definition) is 2. The topological polar surface area (TPSA) is 58.2 Å². The second kappa shape index (κ2) is 6.77. The molecule has 1 saturated carbocycles. The van der Waals surface area contributed by atoms with Crippen LogP contribution in [-0.2, 0) is 9.59 Å². The highest BCUT2D eigenvalue weighted by molar-refractivity contribution is 5.83. The standard InChI is InChI=1S/C12H19F3N2O2/c1-8(6-9-4-2-3-5-9)11(19)17-16-10(18)7-12(13,14)15/h8-9H,2-7H2,1H3,(H,16,18)(H,17,19)/t8-/m0/s1. The molecule has 2 amide bonds. The Morgan fingerprint density at radius 3 is 2.32 bits per heavy atom. The minimum atomic E-state index is -4.57. The number of hydrogen-bond donors (Lipinski definition) is 2. The Balaban J connectivity index is 2.24. The van der Waals surface area contributed by atoms with Gasteiger partial charge in [0.15, 0.2) is 0 Å². The number of carbonyl (C=O) groups is 2. The van der Waals surface area contributed by atoms with E-state index in [1.54, 1.807) is 12.3 Å². The predicted molar refractivity (Wildman–Crippen MR) is 62.7 cm³/mol. The molecule has 1 fully saturated rings. The monoisotopic (exact) mass is 280 g/mol. The summed E-state index contributed by atoms with van der Waals surface area (Å²) in [7, 11) is 0. The number of nitrogens with one attached hydrogen (secondary N) is 2. The van der Waals surface area contributed by atoms with Crippen LogP contribution in [0.4, 0.5) is 13.2 Å². The summed E-state index contributed by atoms with van der Waals surface area (Å²) in [6, 6.07) is 0. The SMILES string of the molecule is C[C@@H](CC1CCCC1)C(=O)NNC(=O)CC(F)(F)F. The number of rotatable bonds is 4. The van der Waals surface area contributed by atoms with Crippen molar-refractivity contribution in [3.8, 4) is 0 Å². The fourth-order valence-electron chi connectivity index (χ4n) is 2.33. The number of alkyl halides is 3. The molecule has 1 rings (SSSR count). The number of halogens is 3. The van der Waals surface area contributed by atoms with E-state index in [4.69, 9.17) is 0 Å². The normalized spacial score (nSPS) is 18.1. The molecule has 0 saturated heterocycles. The van der Waals surface area contributed by atoms with Crippen molar-refractivity contribution in [2.75, 3.05) is 0 Å². The van der Waals surface area contributed by atoms with Crippen molar-refractivity contribution >= 4 is 11.8 Å². The molecule has 19 heavy (non-hydrogen) atoms. The number of amides is 2. The molecule has 0 aliphatic heterocycles. The van der Waals surface area contributed by atoms with Crippen LogP contribution in [0.25, 0.3) is 0 Å². The van der Waals surface area contributed by atoms with Crippen LogP contribution in [0.2, 0.25) is 0 Å². The molecule has 7 heteroatoms. The molecule has 0 aromatic rings. The summed E-state index contributed by atoms with van der Waals surface area (Å²) in [4.78, 5) is 22.5. The van der Waals surface area contributed by atoms with Crippen LogP contribution >= 0.6 is 0 Å². The molecule has 0 unspecified atom stereocenters. The van der Waals surface area contributed by atoms with Crippen molar-refractivity contribution in [2.24, 2.45) is 11.8 Å². The minimum absolute atomic E-state index is 0.311. The van der Waals surface area contributed by atoms with E-state index in [0.29, 0.717) is 12.3 Å². The summed E-state index contributed by atoms with van der Waals surface area (Å²) >= 11 is 0. The summed E-state index contributed by atoms with van der Waals surface area (Å²) < 4.78 is 35.7. The highest BCUT2D eigenvalue weighted by Gasteiger charge is 2.31. The molecule has 2 N–H and O–H groups in total. The van der Waals surface area contributed by atoms with E-state index in [1.807, 2.05) is 5.43 Å². The molecular weight excluding hydrogens is 261 g/mol. The quantitative estimate of drug-likeness (QED) is 0.776. The lowest BCUT2D eigenvalue weighted by Gasteiger charge is -2.16. The van der Waals surface area contributed by atoms with Crippen LogP contribution in [0.5, 0.6) is 0 Å². The van der Waals surface area contributed by atoms with E-state index in [0.717, 1.165) is 12.8 Å². The third-order valence-electron chi connectivity index (χ3n) is 3.30. The van der Waals surface area contributed by atoms with Gasteiger partial charge in [0.1, 0.15) is 6.42 Å². The van der Waals surface area contributed by atoms with Crippen LogP contribution < -0.4 is 10.9 Å². The van der Waals surface area contributed by atoms with Gasteiger partial charge in [-0.1, -0.05) is 32.6 Å². The first kappa shape index (κ1) is 15.8. The van der Waals surface area contributed by atoms with Crippen molar-refractivity contribution in [3.63, 3.8) is 0 Å². The van der Waals surface area contributed by atoms with Gasteiger partial charge in [-0.3, -0.25) is 20.4 Å². The summed E-state index contributed by atoms with van der Waals surface area (Å²) in [5.74, 6) is -1.50. The smallest absolute Gasteiger partial charge is 0.273 e. The first-order chi connectivity index (χ1) is 8.78. The molecule has 1 aliphatic rings. The zero-order valence-electron chi connectivity index (χ0n) is 10.8. The first-order valence-electron chi connectivity index (χ1n) is 6.43. The highest BCUT2D eigenvalue weighted by atomic mass is 19.4. The fraction of sp³-hybridized carbons (Fsp3) is 0.833. The van der Waals surface area contributed by atoms with Crippen molar-refractivity contribution in [2.45, 2.75) is 51.6 Å². The number of carbonyl (C=O) groups excluding carboxylic acids is 2. The fourth-order valence-corrected chi connectivity index (χ4v) is 2.33. The van der Waals surface area contributed by atoms with E-state index < -0.39 is 24.4 Å². The van der Waals surface area contributed by atoms with Crippen molar-refractivity contribution < 1.29 is 22.8 Å². The van der Waals surface area contributed by atoms with Gasteiger partial charge in [-0.05, 0) is 12.3 Å². The molecule has 1 aliphatic carbocycles. The van der Waals surface area contributed by atoms with Gasteiger partial charge in [0, 0.05) is 5.92 Å². The molecule has 0 aromatic carbocycles. The van der Waals surface area contributed by atoms with Gasteiger partial charge in [-0.15, -0.1) is 0 Å². The van der Waals surface area contributed by atoms with Crippen LogP contribution in [0, 0.1) is 11.8 Å². The summed E-state index contributed by atoms with van der Waals surface area (Å²) in [6.45, 7) is 1.71. The van der Waals surface area contributed by atoms with Crippen LogP contribution in [0.3, 0.4) is 0 Å². The van der Waals surface area contributed by atoms with Gasteiger partial charge in [-0.25, -0.2) is 0 Å². The predicted octanol–water partition coefficient (Wildman–Crippen LogP) is 2.30. The van der Waals surface area contributed by atoms with Gasteiger partial charge in [-0.2, -0.15) is 13.2 Å². The Hall–Kier alpha value is -1.27. The molecule has 0 aromatic heterocycles. The Bertz CT molecular complexity index is 325. The van der Waals surface area contributed by atoms with E-state index in [9.17, 15) is 22.8 Å². The lowest BCUT2D eigenvalue weighted by molar-refractivity contribution is -0.155. The second-order valence-electron chi connectivity index (χ2n) is 5.12. The van der Waals surface area contributed by atoms with Crippen molar-refractivity contribution in [1.82, 2.24) is 10.9 Å². The van der Waals surface area contributed by atoms with E-state index in [1.165, 1.54) is 12.8 Å². The van der Waals surface area contributed by atoms with Gasteiger partial charge < -0.3 is 0 Å². The largest absolute Gasteiger partial charge is 0.397 e. The van der Waals surface area contributed by atoms with Gasteiger partial charge in [0.2, 0.25) is 11.8 Å². The Morgan fingerprint density at radius 2 is 1.79 bits per heavy atom. The lowest BCUT2D eigenvalue weighted by atomic mass is 9.94. The van der Waals surface area contributed by atoms with Crippen molar-refractivity contribution in [1.29, 1.82) is 0 Å². The second-order valence-corrected chi connectivity index (χ2v) is 5.12. The average molecular weight is 280 g/mol. The molecule has 0 bridgehead atoms. The van der Waals surface area contributed by atoms with Gasteiger partial charge in [0.05, 0.1) is 0 Å². The molecule has 0 spiro atoms. The first-order valence-corrected chi connectivity index (χ1v) is 6.43. The Kier molecular flexibility index (Phi) is 5.62. The molecule has 1 atom stereocenters. The third kappa shape index (κ3) is 6.45. The molecule has 0 heterocycles. The minimum Gasteiger partial charge on any atom is -0.273 e. The lowest BCUT2D eigenvalue weighted by Crippen LogP contribution is -2.45. The maximum Gasteiger partial charge on any atom is 0.397 e. The van der Waals surface area contributed by atoms with E-state index in [2.05, 4.69) is 0 Å². The van der Waals surface area contributed by atoms with Crippen LogP contribution in [-0.4, -0.2) is 18.0 Å². The molecule has 110 valence electrons. The van der Waals surface area contributed by atoms with Gasteiger partial charge in [0.25, 0.3) is 0 Å². The van der Waals surface area contributed by atoms with Gasteiger partial charge >= 0.3 is 6.18 Å². The maximum atomic E-state index is 11.9. The number of hydrazine groups is 1. The third-order valence-corrected chi connectivity index (χ3v) is 3.30. The van der Waals surface area contributed by atoms with Crippen molar-refractivity contribution in [3.05, 3.63) is 0 Å². The molecule has 4 nitrogen and oxygen atoms in total. The van der Waals surface area contributed by atoms with E-state index >= 15 is 0 Å². The van der Waals surface area contributed by atoms with Crippen LogP contribution in [0.1, 0.15) is 45.4 Å². The van der Waals surface area contributed by atoms with E-state index in [-0.39, 0.29) is 5.92 Å². The Morgan fingerprint density at radius 1 is 1.21 bits per heavy atom. The zero-order chi connectivity index (χ0) is 14.5. The molecule has 0 radical (unpaired) electrons. The highest BCUT2D eigenvalue weighted by Crippen LogP contribution is 2.30. The summed E-state index contributed by atoms with van der Waals surface area (Å²) in [5, 5.41) is 0. The molecular formula is C12H19F3N2O2. The summed E-state index contributed by atoms with van der Waals surface area (Å²) in [6.07, 6.45) is -0.922. The zero-order valence-corrected chi connectivity index (χ0v) is 10.8. The summed E-state index contributed by atoms with van der Waals surface area (Å²) in [5.41, 5.74) is 3.83. The average Bonchev–Trinajstić information content (AvgIpc) is 2.76.